The summed E-state index contributed by atoms with van der Waals surface area (Å²) in [4.78, 5) is 0. The Hall–Kier alpha value is -1.88. The molecular weight excluding hydrogens is 333 g/mol. The summed E-state index contributed by atoms with van der Waals surface area (Å²) in [7, 11) is 0. The standard InChI is InChI=1S/C17H17Cl2N3O/c1-10-17(20)22-15-6-11(2-5-16(15)23-10)8-21-9-12-3-4-13(18)7-14(12)19/h2-7,21-22H,8-9,20H2,1H3. The Morgan fingerprint density at radius 3 is 2.74 bits per heavy atom. The summed E-state index contributed by atoms with van der Waals surface area (Å²) >= 11 is 12.1. The Morgan fingerprint density at radius 2 is 1.96 bits per heavy atom. The highest BCUT2D eigenvalue weighted by atomic mass is 35.5. The van der Waals surface area contributed by atoms with Crippen LogP contribution in [0.1, 0.15) is 18.1 Å². The van der Waals surface area contributed by atoms with Crippen LogP contribution in [-0.2, 0) is 13.1 Å². The van der Waals surface area contributed by atoms with Crippen molar-refractivity contribution in [3.05, 3.63) is 69.2 Å². The van der Waals surface area contributed by atoms with E-state index in [1.165, 1.54) is 0 Å². The number of allylic oxidation sites excluding steroid dienone is 1. The molecule has 0 saturated carbocycles. The fourth-order valence-electron chi connectivity index (χ4n) is 2.33. The zero-order chi connectivity index (χ0) is 16.4. The zero-order valence-electron chi connectivity index (χ0n) is 12.6. The van der Waals surface area contributed by atoms with Crippen LogP contribution in [0, 0.1) is 0 Å². The maximum absolute atomic E-state index is 6.17. The second-order valence-electron chi connectivity index (χ2n) is 5.37. The number of nitrogens with two attached hydrogens (primary N) is 1. The van der Waals surface area contributed by atoms with Crippen LogP contribution in [0.3, 0.4) is 0 Å². The molecule has 0 aromatic heterocycles. The molecule has 3 rings (SSSR count). The van der Waals surface area contributed by atoms with E-state index in [1.807, 2.05) is 37.3 Å². The highest BCUT2D eigenvalue weighted by molar-refractivity contribution is 6.35. The highest BCUT2D eigenvalue weighted by Gasteiger charge is 2.14. The minimum Gasteiger partial charge on any atom is -0.456 e. The van der Waals surface area contributed by atoms with E-state index in [9.17, 15) is 0 Å². The van der Waals surface area contributed by atoms with Crippen molar-refractivity contribution >= 4 is 28.9 Å². The predicted molar refractivity (Wildman–Crippen MR) is 94.6 cm³/mol. The number of anilines is 1. The van der Waals surface area contributed by atoms with E-state index in [0.717, 1.165) is 22.6 Å². The lowest BCUT2D eigenvalue weighted by molar-refractivity contribution is 0.415. The van der Waals surface area contributed by atoms with Gasteiger partial charge in [0.2, 0.25) is 0 Å². The molecule has 23 heavy (non-hydrogen) atoms. The molecule has 0 radical (unpaired) electrons. The number of ether oxygens (including phenoxy) is 1. The minimum absolute atomic E-state index is 0.538. The van der Waals surface area contributed by atoms with Crippen molar-refractivity contribution < 1.29 is 4.74 Å². The number of rotatable bonds is 4. The third-order valence-electron chi connectivity index (χ3n) is 3.62. The van der Waals surface area contributed by atoms with E-state index in [4.69, 9.17) is 33.7 Å². The van der Waals surface area contributed by atoms with E-state index in [1.54, 1.807) is 6.07 Å². The normalized spacial score (nSPS) is 13.3. The van der Waals surface area contributed by atoms with Crippen molar-refractivity contribution in [1.29, 1.82) is 0 Å². The first kappa shape index (κ1) is 16.0. The molecule has 6 heteroatoms. The summed E-state index contributed by atoms with van der Waals surface area (Å²) in [5, 5.41) is 7.81. The molecule has 4 N–H and O–H groups in total. The summed E-state index contributed by atoms with van der Waals surface area (Å²) in [6.07, 6.45) is 0. The van der Waals surface area contributed by atoms with Crippen molar-refractivity contribution in [2.75, 3.05) is 5.32 Å². The Balaban J connectivity index is 1.63. The van der Waals surface area contributed by atoms with E-state index < -0.39 is 0 Å². The third kappa shape index (κ3) is 3.72. The summed E-state index contributed by atoms with van der Waals surface area (Å²) in [5.41, 5.74) is 8.86. The van der Waals surface area contributed by atoms with Gasteiger partial charge in [-0.1, -0.05) is 35.3 Å². The first-order valence-corrected chi connectivity index (χ1v) is 7.97. The molecule has 0 aliphatic carbocycles. The average Bonchev–Trinajstić information content (AvgIpc) is 2.51. The maximum atomic E-state index is 6.17. The zero-order valence-corrected chi connectivity index (χ0v) is 14.1. The molecule has 1 heterocycles. The van der Waals surface area contributed by atoms with Crippen LogP contribution in [0.25, 0.3) is 0 Å². The van der Waals surface area contributed by atoms with Crippen molar-refractivity contribution in [3.63, 3.8) is 0 Å². The Bertz CT molecular complexity index is 774. The van der Waals surface area contributed by atoms with Gasteiger partial charge in [-0.3, -0.25) is 0 Å². The summed E-state index contributed by atoms with van der Waals surface area (Å²) in [6, 6.07) is 11.5. The number of nitrogens with one attached hydrogen (secondary N) is 2. The van der Waals surface area contributed by atoms with Gasteiger partial charge in [0.25, 0.3) is 0 Å². The topological polar surface area (TPSA) is 59.3 Å². The molecular formula is C17H17Cl2N3O. The van der Waals surface area contributed by atoms with Crippen LogP contribution in [-0.4, -0.2) is 0 Å². The quantitative estimate of drug-likeness (QED) is 0.772. The van der Waals surface area contributed by atoms with Gasteiger partial charge in [0.05, 0.1) is 5.69 Å². The molecule has 0 amide bonds. The molecule has 0 spiro atoms. The van der Waals surface area contributed by atoms with Gasteiger partial charge in [0.15, 0.2) is 5.75 Å². The highest BCUT2D eigenvalue weighted by Crippen LogP contribution is 2.32. The van der Waals surface area contributed by atoms with Gasteiger partial charge < -0.3 is 21.1 Å². The molecule has 2 aromatic rings. The summed E-state index contributed by atoms with van der Waals surface area (Å²) in [6.45, 7) is 3.20. The second-order valence-corrected chi connectivity index (χ2v) is 6.21. The Morgan fingerprint density at radius 1 is 1.13 bits per heavy atom. The van der Waals surface area contributed by atoms with E-state index in [-0.39, 0.29) is 0 Å². The number of benzene rings is 2. The lowest BCUT2D eigenvalue weighted by Gasteiger charge is -2.21. The molecule has 0 bridgehead atoms. The van der Waals surface area contributed by atoms with Crippen molar-refractivity contribution in [1.82, 2.24) is 5.32 Å². The second kappa shape index (κ2) is 6.71. The summed E-state index contributed by atoms with van der Waals surface area (Å²) in [5.74, 6) is 2.00. The number of hydrogen-bond donors (Lipinski definition) is 3. The Kier molecular flexibility index (Phi) is 4.66. The molecule has 0 saturated heterocycles. The van der Waals surface area contributed by atoms with Crippen molar-refractivity contribution in [2.24, 2.45) is 5.73 Å². The fraction of sp³-hybridized carbons (Fsp3) is 0.176. The van der Waals surface area contributed by atoms with E-state index >= 15 is 0 Å². The van der Waals surface area contributed by atoms with Gasteiger partial charge in [-0.15, -0.1) is 0 Å². The van der Waals surface area contributed by atoms with Gasteiger partial charge in [-0.2, -0.15) is 0 Å². The van der Waals surface area contributed by atoms with Crippen LogP contribution >= 0.6 is 23.2 Å². The maximum Gasteiger partial charge on any atom is 0.150 e. The minimum atomic E-state index is 0.538. The van der Waals surface area contributed by atoms with Crippen LogP contribution in [0.2, 0.25) is 10.0 Å². The summed E-state index contributed by atoms with van der Waals surface area (Å²) < 4.78 is 5.64. The molecule has 4 nitrogen and oxygen atoms in total. The predicted octanol–water partition coefficient (Wildman–Crippen LogP) is 4.24. The lowest BCUT2D eigenvalue weighted by Crippen LogP contribution is -2.19. The molecule has 2 aromatic carbocycles. The monoisotopic (exact) mass is 349 g/mol. The molecule has 1 aliphatic rings. The van der Waals surface area contributed by atoms with Crippen molar-refractivity contribution in [3.8, 4) is 5.75 Å². The molecule has 0 unspecified atom stereocenters. The van der Waals surface area contributed by atoms with Crippen molar-refractivity contribution in [2.45, 2.75) is 20.0 Å². The molecule has 0 fully saturated rings. The first-order valence-electron chi connectivity index (χ1n) is 7.22. The van der Waals surface area contributed by atoms with Gasteiger partial charge in [0.1, 0.15) is 11.6 Å². The number of fused-ring (bicyclic) bond motifs is 1. The van der Waals surface area contributed by atoms with Crippen LogP contribution in [0.5, 0.6) is 5.75 Å². The molecule has 0 atom stereocenters. The largest absolute Gasteiger partial charge is 0.456 e. The van der Waals surface area contributed by atoms with Crippen LogP contribution in [0.15, 0.2) is 48.0 Å². The van der Waals surface area contributed by atoms with Gasteiger partial charge in [-0.25, -0.2) is 0 Å². The lowest BCUT2D eigenvalue weighted by atomic mass is 10.1. The Labute approximate surface area is 145 Å². The van der Waals surface area contributed by atoms with Gasteiger partial charge in [-0.05, 0) is 42.3 Å². The fourth-order valence-corrected chi connectivity index (χ4v) is 2.81. The smallest absolute Gasteiger partial charge is 0.150 e. The number of hydrogen-bond acceptors (Lipinski definition) is 4. The first-order chi connectivity index (χ1) is 11.0. The SMILES string of the molecule is CC1=C(N)Nc2cc(CNCc3ccc(Cl)cc3Cl)ccc2O1. The van der Waals surface area contributed by atoms with Gasteiger partial charge >= 0.3 is 0 Å². The van der Waals surface area contributed by atoms with Crippen LogP contribution < -0.4 is 21.1 Å². The molecule has 1 aliphatic heterocycles. The van der Waals surface area contributed by atoms with E-state index in [0.29, 0.717) is 34.7 Å². The average molecular weight is 350 g/mol. The number of halogens is 2. The molecule has 120 valence electrons. The van der Waals surface area contributed by atoms with Crippen LogP contribution in [0.4, 0.5) is 5.69 Å². The van der Waals surface area contributed by atoms with Gasteiger partial charge in [0, 0.05) is 23.1 Å². The van der Waals surface area contributed by atoms with E-state index in [2.05, 4.69) is 10.6 Å². The third-order valence-corrected chi connectivity index (χ3v) is 4.20.